The molecule has 1 unspecified atom stereocenters. The molecular weight excluding hydrogens is 267 g/mol. The van der Waals surface area contributed by atoms with Gasteiger partial charge in [-0.25, -0.2) is 8.42 Å². The summed E-state index contributed by atoms with van der Waals surface area (Å²) < 4.78 is 30.9. The average Bonchev–Trinajstić information content (AvgIpc) is 2.20. The van der Waals surface area contributed by atoms with Gasteiger partial charge in [0.1, 0.15) is 0 Å². The largest absolute Gasteiger partial charge is 1.00 e. The van der Waals surface area contributed by atoms with Crippen molar-refractivity contribution in [3.63, 3.8) is 0 Å². The first-order chi connectivity index (χ1) is 7.45. The molecule has 0 fully saturated rings. The molecule has 0 aliphatic rings. The smallest absolute Gasteiger partial charge is 0.748 e. The third-order valence-corrected chi connectivity index (χ3v) is 3.44. The molecule has 0 rings (SSSR count). The van der Waals surface area contributed by atoms with Gasteiger partial charge >= 0.3 is 51.4 Å². The Kier molecular flexibility index (Phi) is 15.3. The quantitative estimate of drug-likeness (QED) is 0.319. The van der Waals surface area contributed by atoms with E-state index in [0.29, 0.717) is 6.42 Å². The molecular formula is C11H23KO4S. The van der Waals surface area contributed by atoms with Crippen LogP contribution in [0.5, 0.6) is 0 Å². The summed E-state index contributed by atoms with van der Waals surface area (Å²) in [5.41, 5.74) is 0. The molecule has 0 aromatic heterocycles. The van der Waals surface area contributed by atoms with Gasteiger partial charge in [-0.3, -0.25) is 0 Å². The first kappa shape index (κ1) is 20.8. The number of hydrogen-bond acceptors (Lipinski definition) is 4. The number of hydrogen-bond donors (Lipinski definition) is 1. The van der Waals surface area contributed by atoms with Gasteiger partial charge in [0.25, 0.3) is 0 Å². The second kappa shape index (κ2) is 12.5. The molecule has 17 heavy (non-hydrogen) atoms. The molecule has 4 nitrogen and oxygen atoms in total. The molecule has 0 aliphatic heterocycles. The second-order valence-corrected chi connectivity index (χ2v) is 5.76. The summed E-state index contributed by atoms with van der Waals surface area (Å²) in [7, 11) is -4.02. The van der Waals surface area contributed by atoms with E-state index in [1.807, 2.05) is 6.92 Å². The van der Waals surface area contributed by atoms with Gasteiger partial charge in [-0.15, -0.1) is 0 Å². The number of rotatable bonds is 10. The van der Waals surface area contributed by atoms with Crippen LogP contribution in [-0.2, 0) is 10.1 Å². The van der Waals surface area contributed by atoms with Crippen molar-refractivity contribution in [1.82, 2.24) is 0 Å². The van der Waals surface area contributed by atoms with Gasteiger partial charge in [-0.05, 0) is 19.3 Å². The maximum absolute atomic E-state index is 10.3. The van der Waals surface area contributed by atoms with Crippen LogP contribution in [0.2, 0.25) is 0 Å². The van der Waals surface area contributed by atoms with Crippen LogP contribution in [0.15, 0.2) is 0 Å². The third kappa shape index (κ3) is 17.5. The normalized spacial score (nSPS) is 13.1. The summed E-state index contributed by atoms with van der Waals surface area (Å²) in [4.78, 5) is 0. The van der Waals surface area contributed by atoms with Crippen LogP contribution in [0.1, 0.15) is 58.3 Å². The van der Waals surface area contributed by atoms with Gasteiger partial charge in [0.15, 0.2) is 0 Å². The first-order valence-electron chi connectivity index (χ1n) is 6.07. The maximum Gasteiger partial charge on any atom is 1.00 e. The van der Waals surface area contributed by atoms with Gasteiger partial charge in [-0.2, -0.15) is 0 Å². The molecule has 0 aliphatic carbocycles. The van der Waals surface area contributed by atoms with E-state index in [9.17, 15) is 18.1 Å². The number of unbranched alkanes of at least 4 members (excludes halogenated alkanes) is 5. The van der Waals surface area contributed by atoms with Crippen LogP contribution in [0.25, 0.3) is 0 Å². The number of aliphatic hydroxyl groups is 1. The van der Waals surface area contributed by atoms with E-state index in [2.05, 4.69) is 0 Å². The van der Waals surface area contributed by atoms with Gasteiger partial charge in [0.2, 0.25) is 0 Å². The molecule has 1 atom stereocenters. The fourth-order valence-corrected chi connectivity index (χ4v) is 2.13. The van der Waals surface area contributed by atoms with E-state index < -0.39 is 10.1 Å². The fraction of sp³-hybridized carbons (Fsp3) is 1.00. The number of aliphatic hydroxyl groups excluding tert-OH is 1. The Balaban J connectivity index is 0. The monoisotopic (exact) mass is 290 g/mol. The minimum absolute atomic E-state index is 0. The Hall–Kier alpha value is 1.51. The molecule has 0 spiro atoms. The zero-order chi connectivity index (χ0) is 12.4. The summed E-state index contributed by atoms with van der Waals surface area (Å²) in [6.07, 6.45) is 6.88. The van der Waals surface area contributed by atoms with Crippen molar-refractivity contribution < 1.29 is 69.5 Å². The van der Waals surface area contributed by atoms with E-state index >= 15 is 0 Å². The molecule has 0 aromatic rings. The Labute approximate surface area is 148 Å². The predicted molar refractivity (Wildman–Crippen MR) is 63.2 cm³/mol. The van der Waals surface area contributed by atoms with Crippen LogP contribution in [-0.4, -0.2) is 29.9 Å². The molecule has 6 heteroatoms. The van der Waals surface area contributed by atoms with Crippen molar-refractivity contribution in [3.8, 4) is 0 Å². The van der Waals surface area contributed by atoms with Crippen LogP contribution in [0, 0.1) is 0 Å². The van der Waals surface area contributed by atoms with Gasteiger partial charge in [-0.1, -0.05) is 39.0 Å². The zero-order valence-corrected chi connectivity index (χ0v) is 15.0. The summed E-state index contributed by atoms with van der Waals surface area (Å²) in [6.45, 7) is 1.97. The van der Waals surface area contributed by atoms with Crippen molar-refractivity contribution in [3.05, 3.63) is 0 Å². The predicted octanol–water partition coefficient (Wildman–Crippen LogP) is -0.963. The third-order valence-electron chi connectivity index (χ3n) is 2.65. The molecule has 0 heterocycles. The topological polar surface area (TPSA) is 77.4 Å². The van der Waals surface area contributed by atoms with Crippen molar-refractivity contribution in [2.75, 3.05) is 5.75 Å². The fourth-order valence-electron chi connectivity index (χ4n) is 1.57. The first-order valence-corrected chi connectivity index (χ1v) is 7.65. The Morgan fingerprint density at radius 3 is 2.00 bits per heavy atom. The molecule has 1 N–H and O–H groups in total. The van der Waals surface area contributed by atoms with Gasteiger partial charge in [0, 0.05) is 5.75 Å². The Morgan fingerprint density at radius 1 is 1.06 bits per heavy atom. The molecule has 0 saturated carbocycles. The average molecular weight is 290 g/mol. The molecule has 0 amide bonds. The van der Waals surface area contributed by atoms with Crippen LogP contribution < -0.4 is 51.4 Å². The van der Waals surface area contributed by atoms with Crippen molar-refractivity contribution in [1.29, 1.82) is 0 Å². The van der Waals surface area contributed by atoms with Crippen LogP contribution >= 0.6 is 0 Å². The van der Waals surface area contributed by atoms with E-state index in [1.54, 1.807) is 0 Å². The SMILES string of the molecule is CCC(O)CCCCCCCCS(=O)(=O)[O-].[K+]. The molecule has 0 saturated heterocycles. The van der Waals surface area contributed by atoms with Crippen LogP contribution in [0.4, 0.5) is 0 Å². The summed E-state index contributed by atoms with van der Waals surface area (Å²) in [5.74, 6) is -0.235. The van der Waals surface area contributed by atoms with E-state index in [1.165, 1.54) is 0 Å². The molecule has 98 valence electrons. The van der Waals surface area contributed by atoms with E-state index in [4.69, 9.17) is 0 Å². The summed E-state index contributed by atoms with van der Waals surface area (Å²) in [5, 5.41) is 9.29. The summed E-state index contributed by atoms with van der Waals surface area (Å²) >= 11 is 0. The summed E-state index contributed by atoms with van der Waals surface area (Å²) in [6, 6.07) is 0. The van der Waals surface area contributed by atoms with Crippen molar-refractivity contribution in [2.45, 2.75) is 64.4 Å². The van der Waals surface area contributed by atoms with Crippen molar-refractivity contribution in [2.24, 2.45) is 0 Å². The Morgan fingerprint density at radius 2 is 1.53 bits per heavy atom. The van der Waals surface area contributed by atoms with Crippen molar-refractivity contribution >= 4 is 10.1 Å². The van der Waals surface area contributed by atoms with Crippen LogP contribution in [0.3, 0.4) is 0 Å². The minimum Gasteiger partial charge on any atom is -0.748 e. The van der Waals surface area contributed by atoms with E-state index in [0.717, 1.165) is 44.9 Å². The molecule has 0 radical (unpaired) electrons. The zero-order valence-electron chi connectivity index (χ0n) is 11.0. The second-order valence-electron chi connectivity index (χ2n) is 4.23. The van der Waals surface area contributed by atoms with Gasteiger partial charge < -0.3 is 9.66 Å². The maximum atomic E-state index is 10.3. The Bertz CT molecular complexity index is 254. The molecule has 0 bridgehead atoms. The van der Waals surface area contributed by atoms with E-state index in [-0.39, 0.29) is 63.2 Å². The standard InChI is InChI=1S/C11H24O4S.K/c1-2-11(12)9-7-5-3-4-6-8-10-16(13,14)15;/h11-12H,2-10H2,1H3,(H,13,14,15);/q;+1/p-1. The van der Waals surface area contributed by atoms with Gasteiger partial charge in [0.05, 0.1) is 16.2 Å². The minimum atomic E-state index is -4.02. The molecule has 0 aromatic carbocycles.